The molecule has 12 heavy (non-hydrogen) atoms. The molecular weight excluding hydrogens is 218 g/mol. The van der Waals surface area contributed by atoms with Crippen molar-refractivity contribution < 1.29 is 5.11 Å². The lowest BCUT2D eigenvalue weighted by Crippen LogP contribution is -1.86. The second-order valence-corrected chi connectivity index (χ2v) is 2.99. The zero-order chi connectivity index (χ0) is 8.97. The molecule has 1 aromatic carbocycles. The minimum Gasteiger partial charge on any atom is -0.505 e. The number of alkyl halides is 1. The molecule has 0 unspecified atom stereocenters. The van der Waals surface area contributed by atoms with E-state index in [0.29, 0.717) is 5.69 Å². The summed E-state index contributed by atoms with van der Waals surface area (Å²) in [5.74, 6) is 0.148. The van der Waals surface area contributed by atoms with Crippen LogP contribution in [-0.2, 0) is 0 Å². The third-order valence-electron chi connectivity index (χ3n) is 1.48. The van der Waals surface area contributed by atoms with Crippen LogP contribution in [0.15, 0.2) is 24.3 Å². The Labute approximate surface area is 79.8 Å². The van der Waals surface area contributed by atoms with Crippen LogP contribution in [0.5, 0.6) is 5.75 Å². The van der Waals surface area contributed by atoms with E-state index < -0.39 is 0 Å². The number of phenols is 1. The monoisotopic (exact) mass is 227 g/mol. The zero-order valence-electron chi connectivity index (χ0n) is 6.50. The minimum absolute atomic E-state index is 0.148. The summed E-state index contributed by atoms with van der Waals surface area (Å²) in [5.41, 5.74) is 6.65. The second-order valence-electron chi connectivity index (χ2n) is 2.34. The highest BCUT2D eigenvalue weighted by atomic mass is 79.9. The number of halogens is 1. The summed E-state index contributed by atoms with van der Waals surface area (Å²) in [6, 6.07) is 5.29. The molecule has 0 aliphatic heterocycles. The van der Waals surface area contributed by atoms with Gasteiger partial charge in [-0.3, -0.25) is 0 Å². The van der Waals surface area contributed by atoms with E-state index in [9.17, 15) is 5.11 Å². The van der Waals surface area contributed by atoms with Crippen LogP contribution in [0.2, 0.25) is 0 Å². The molecular formula is C9H10BrNO. The molecule has 1 rings (SSSR count). The molecule has 2 nitrogen and oxygen atoms in total. The molecule has 0 amide bonds. The Kier molecular flexibility index (Phi) is 3.17. The predicted octanol–water partition coefficient (Wildman–Crippen LogP) is 2.38. The van der Waals surface area contributed by atoms with Gasteiger partial charge in [-0.15, -0.1) is 0 Å². The molecule has 3 N–H and O–H groups in total. The summed E-state index contributed by atoms with van der Waals surface area (Å²) in [5, 5.41) is 10.2. The number of allylic oxidation sites excluding steroid dienone is 1. The molecule has 1 aromatic rings. The number of rotatable bonds is 2. The maximum Gasteiger partial charge on any atom is 0.145 e. The maximum absolute atomic E-state index is 9.43. The Morgan fingerprint density at radius 2 is 2.25 bits per heavy atom. The van der Waals surface area contributed by atoms with Gasteiger partial charge in [0.25, 0.3) is 0 Å². The molecule has 0 fully saturated rings. The fraction of sp³-hybridized carbons (Fsp3) is 0.111. The van der Waals surface area contributed by atoms with Crippen molar-refractivity contribution in [1.82, 2.24) is 0 Å². The average molecular weight is 228 g/mol. The Morgan fingerprint density at radius 1 is 1.50 bits per heavy atom. The molecule has 0 spiro atoms. The number of anilines is 1. The third kappa shape index (κ3) is 2.01. The fourth-order valence-electron chi connectivity index (χ4n) is 0.886. The van der Waals surface area contributed by atoms with Gasteiger partial charge >= 0.3 is 0 Å². The Morgan fingerprint density at radius 3 is 2.92 bits per heavy atom. The number of nitrogens with two attached hydrogens (primary N) is 1. The smallest absolute Gasteiger partial charge is 0.145 e. The van der Waals surface area contributed by atoms with Crippen molar-refractivity contribution >= 4 is 27.7 Å². The Hall–Kier alpha value is -0.960. The van der Waals surface area contributed by atoms with Gasteiger partial charge in [-0.25, -0.2) is 0 Å². The van der Waals surface area contributed by atoms with Crippen molar-refractivity contribution in [3.8, 4) is 5.75 Å². The van der Waals surface area contributed by atoms with Gasteiger partial charge in [0.05, 0.1) is 5.69 Å². The molecule has 0 radical (unpaired) electrons. The van der Waals surface area contributed by atoms with Gasteiger partial charge in [0.1, 0.15) is 5.75 Å². The number of hydrogen-bond acceptors (Lipinski definition) is 2. The van der Waals surface area contributed by atoms with E-state index in [1.807, 2.05) is 24.3 Å². The van der Waals surface area contributed by atoms with Gasteiger partial charge in [0.2, 0.25) is 0 Å². The van der Waals surface area contributed by atoms with Crippen LogP contribution in [0, 0.1) is 0 Å². The van der Waals surface area contributed by atoms with Gasteiger partial charge in [0.15, 0.2) is 0 Å². The van der Waals surface area contributed by atoms with Crippen LogP contribution in [0.4, 0.5) is 5.69 Å². The van der Waals surface area contributed by atoms with Gasteiger partial charge in [-0.2, -0.15) is 0 Å². The highest BCUT2D eigenvalue weighted by molar-refractivity contribution is 9.09. The van der Waals surface area contributed by atoms with E-state index in [2.05, 4.69) is 15.9 Å². The van der Waals surface area contributed by atoms with Gasteiger partial charge in [-0.05, 0) is 6.07 Å². The summed E-state index contributed by atoms with van der Waals surface area (Å²) in [4.78, 5) is 0. The van der Waals surface area contributed by atoms with E-state index >= 15 is 0 Å². The van der Waals surface area contributed by atoms with Gasteiger partial charge in [0, 0.05) is 10.9 Å². The Balaban J connectivity index is 3.00. The molecule has 3 heteroatoms. The summed E-state index contributed by atoms with van der Waals surface area (Å²) < 4.78 is 0. The van der Waals surface area contributed by atoms with Gasteiger partial charge < -0.3 is 10.8 Å². The molecule has 0 atom stereocenters. The molecule has 64 valence electrons. The Bertz CT molecular complexity index is 297. The molecule has 0 aliphatic carbocycles. The SMILES string of the molecule is Nc1cccc(C=CCBr)c1O. The highest BCUT2D eigenvalue weighted by Crippen LogP contribution is 2.25. The zero-order valence-corrected chi connectivity index (χ0v) is 8.08. The van der Waals surface area contributed by atoms with Crippen molar-refractivity contribution in [2.45, 2.75) is 0 Å². The molecule has 0 saturated carbocycles. The van der Waals surface area contributed by atoms with Crippen LogP contribution in [-0.4, -0.2) is 10.4 Å². The van der Waals surface area contributed by atoms with Crippen molar-refractivity contribution in [3.63, 3.8) is 0 Å². The molecule has 0 aromatic heterocycles. The number of hydrogen-bond donors (Lipinski definition) is 2. The summed E-state index contributed by atoms with van der Waals surface area (Å²) in [6.45, 7) is 0. The van der Waals surface area contributed by atoms with Crippen LogP contribution >= 0.6 is 15.9 Å². The summed E-state index contributed by atoms with van der Waals surface area (Å²) in [6.07, 6.45) is 3.72. The number of para-hydroxylation sites is 1. The first kappa shape index (κ1) is 9.13. The highest BCUT2D eigenvalue weighted by Gasteiger charge is 1.98. The fourth-order valence-corrected chi connectivity index (χ4v) is 1.07. The molecule has 0 heterocycles. The summed E-state index contributed by atoms with van der Waals surface area (Å²) >= 11 is 3.25. The summed E-state index contributed by atoms with van der Waals surface area (Å²) in [7, 11) is 0. The number of phenolic OH excluding ortho intramolecular Hbond substituents is 1. The first-order chi connectivity index (χ1) is 5.75. The maximum atomic E-state index is 9.43. The van der Waals surface area contributed by atoms with Crippen molar-refractivity contribution in [2.24, 2.45) is 0 Å². The van der Waals surface area contributed by atoms with Crippen LogP contribution in [0.25, 0.3) is 6.08 Å². The number of nitrogen functional groups attached to an aromatic ring is 1. The first-order valence-electron chi connectivity index (χ1n) is 3.55. The second kappa shape index (κ2) is 4.16. The third-order valence-corrected chi connectivity index (χ3v) is 1.86. The van der Waals surface area contributed by atoms with E-state index in [0.717, 1.165) is 10.9 Å². The van der Waals surface area contributed by atoms with E-state index in [1.54, 1.807) is 6.07 Å². The van der Waals surface area contributed by atoms with Crippen LogP contribution in [0.1, 0.15) is 5.56 Å². The molecule has 0 saturated heterocycles. The van der Waals surface area contributed by atoms with Crippen molar-refractivity contribution in [2.75, 3.05) is 11.1 Å². The van der Waals surface area contributed by atoms with Crippen molar-refractivity contribution in [1.29, 1.82) is 0 Å². The average Bonchev–Trinajstić information content (AvgIpc) is 2.08. The normalized spacial score (nSPS) is 10.8. The largest absolute Gasteiger partial charge is 0.505 e. The topological polar surface area (TPSA) is 46.2 Å². The van der Waals surface area contributed by atoms with E-state index in [4.69, 9.17) is 5.73 Å². The van der Waals surface area contributed by atoms with E-state index in [1.165, 1.54) is 0 Å². The lowest BCUT2D eigenvalue weighted by Gasteiger charge is -2.00. The molecule has 0 bridgehead atoms. The first-order valence-corrected chi connectivity index (χ1v) is 4.68. The van der Waals surface area contributed by atoms with Crippen LogP contribution < -0.4 is 5.73 Å². The lowest BCUT2D eigenvalue weighted by atomic mass is 10.1. The van der Waals surface area contributed by atoms with Gasteiger partial charge in [-0.1, -0.05) is 40.2 Å². The lowest BCUT2D eigenvalue weighted by molar-refractivity contribution is 0.476. The van der Waals surface area contributed by atoms with Crippen molar-refractivity contribution in [3.05, 3.63) is 29.8 Å². The standard InChI is InChI=1S/C9H10BrNO/c10-6-2-4-7-3-1-5-8(11)9(7)12/h1-5,12H,6,11H2. The van der Waals surface area contributed by atoms with E-state index in [-0.39, 0.29) is 5.75 Å². The number of aromatic hydroxyl groups is 1. The minimum atomic E-state index is 0.148. The number of benzene rings is 1. The molecule has 0 aliphatic rings. The van der Waals surface area contributed by atoms with Crippen LogP contribution in [0.3, 0.4) is 0 Å². The predicted molar refractivity (Wildman–Crippen MR) is 55.3 cm³/mol. The quantitative estimate of drug-likeness (QED) is 0.463.